The summed E-state index contributed by atoms with van der Waals surface area (Å²) in [4.78, 5) is 11.8. The Morgan fingerprint density at radius 3 is 2.39 bits per heavy atom. The van der Waals surface area contributed by atoms with Crippen molar-refractivity contribution < 1.29 is 4.79 Å². The molecule has 0 aliphatic heterocycles. The molecule has 1 amide bonds. The first-order valence-electron chi connectivity index (χ1n) is 6.65. The zero-order valence-corrected chi connectivity index (χ0v) is 11.6. The van der Waals surface area contributed by atoms with Gasteiger partial charge >= 0.3 is 0 Å². The van der Waals surface area contributed by atoms with Crippen LogP contribution in [0, 0.1) is 5.92 Å². The lowest BCUT2D eigenvalue weighted by Crippen LogP contribution is -2.29. The van der Waals surface area contributed by atoms with E-state index in [-0.39, 0.29) is 17.9 Å². The molecule has 1 aromatic carbocycles. The molecule has 2 unspecified atom stereocenters. The molecular formula is C15H24N2O. The summed E-state index contributed by atoms with van der Waals surface area (Å²) in [6, 6.07) is 8.43. The van der Waals surface area contributed by atoms with Crippen molar-refractivity contribution in [2.24, 2.45) is 11.7 Å². The van der Waals surface area contributed by atoms with Crippen LogP contribution in [-0.4, -0.2) is 12.5 Å². The van der Waals surface area contributed by atoms with Crippen molar-refractivity contribution in [2.45, 2.75) is 39.7 Å². The molecule has 0 fully saturated rings. The highest BCUT2D eigenvalue weighted by Crippen LogP contribution is 2.14. The quantitative estimate of drug-likeness (QED) is 0.812. The summed E-state index contributed by atoms with van der Waals surface area (Å²) in [5, 5.41) is 3.00. The molecule has 2 atom stereocenters. The van der Waals surface area contributed by atoms with E-state index in [4.69, 9.17) is 5.73 Å². The smallest absolute Gasteiger partial charge is 0.220 e. The van der Waals surface area contributed by atoms with Gasteiger partial charge in [-0.1, -0.05) is 38.1 Å². The van der Waals surface area contributed by atoms with Crippen molar-refractivity contribution >= 4 is 5.91 Å². The molecule has 3 nitrogen and oxygen atoms in total. The van der Waals surface area contributed by atoms with Crippen LogP contribution in [0.5, 0.6) is 0 Å². The Balaban J connectivity index is 2.53. The molecule has 0 aromatic heterocycles. The number of hydrogen-bond donors (Lipinski definition) is 2. The highest BCUT2D eigenvalue weighted by atomic mass is 16.1. The first kappa shape index (κ1) is 14.7. The molecule has 0 radical (unpaired) electrons. The number of amides is 1. The molecule has 0 heterocycles. The van der Waals surface area contributed by atoms with E-state index in [1.807, 2.05) is 13.8 Å². The van der Waals surface area contributed by atoms with Gasteiger partial charge in [0.05, 0.1) is 6.04 Å². The van der Waals surface area contributed by atoms with Gasteiger partial charge in [0, 0.05) is 6.42 Å². The summed E-state index contributed by atoms with van der Waals surface area (Å²) >= 11 is 0. The molecule has 0 aliphatic carbocycles. The van der Waals surface area contributed by atoms with Gasteiger partial charge in [0.15, 0.2) is 0 Å². The fourth-order valence-electron chi connectivity index (χ4n) is 1.83. The number of rotatable bonds is 6. The molecule has 3 N–H and O–H groups in total. The highest BCUT2D eigenvalue weighted by molar-refractivity contribution is 5.76. The van der Waals surface area contributed by atoms with Crippen molar-refractivity contribution in [3.8, 4) is 0 Å². The Morgan fingerprint density at radius 1 is 1.28 bits per heavy atom. The lowest BCUT2D eigenvalue weighted by atomic mass is 10.0. The number of nitrogens with one attached hydrogen (secondary N) is 1. The van der Waals surface area contributed by atoms with Gasteiger partial charge in [0.1, 0.15) is 0 Å². The van der Waals surface area contributed by atoms with Crippen LogP contribution >= 0.6 is 0 Å². The standard InChI is InChI=1S/C15H24N2O/c1-4-13-5-7-14(8-6-13)12(3)17-15(18)9-11(2)10-16/h5-8,11-12H,4,9-10,16H2,1-3H3,(H,17,18). The molecule has 0 spiro atoms. The maximum Gasteiger partial charge on any atom is 0.220 e. The molecule has 1 rings (SSSR count). The van der Waals surface area contributed by atoms with E-state index in [0.717, 1.165) is 12.0 Å². The number of carbonyl (C=O) groups excluding carboxylic acids is 1. The van der Waals surface area contributed by atoms with E-state index in [2.05, 4.69) is 36.5 Å². The molecule has 3 heteroatoms. The molecular weight excluding hydrogens is 224 g/mol. The zero-order valence-electron chi connectivity index (χ0n) is 11.6. The summed E-state index contributed by atoms with van der Waals surface area (Å²) in [6.45, 7) is 6.67. The van der Waals surface area contributed by atoms with Crippen molar-refractivity contribution in [1.82, 2.24) is 5.32 Å². The maximum atomic E-state index is 11.8. The lowest BCUT2D eigenvalue weighted by molar-refractivity contribution is -0.122. The van der Waals surface area contributed by atoms with Crippen molar-refractivity contribution in [1.29, 1.82) is 0 Å². The van der Waals surface area contributed by atoms with Crippen LogP contribution in [0.25, 0.3) is 0 Å². The summed E-state index contributed by atoms with van der Waals surface area (Å²) in [5.74, 6) is 0.305. The SMILES string of the molecule is CCc1ccc(C(C)NC(=O)CC(C)CN)cc1. The van der Waals surface area contributed by atoms with E-state index in [0.29, 0.717) is 13.0 Å². The Kier molecular flexibility index (Phi) is 5.86. The highest BCUT2D eigenvalue weighted by Gasteiger charge is 2.11. The Hall–Kier alpha value is -1.35. The number of aryl methyl sites for hydroxylation is 1. The predicted molar refractivity (Wildman–Crippen MR) is 75.2 cm³/mol. The minimum atomic E-state index is 0.0494. The van der Waals surface area contributed by atoms with Crippen LogP contribution in [0.1, 0.15) is 44.4 Å². The molecule has 18 heavy (non-hydrogen) atoms. The van der Waals surface area contributed by atoms with Gasteiger partial charge in [0.25, 0.3) is 0 Å². The molecule has 0 saturated carbocycles. The Bertz CT molecular complexity index is 373. The second kappa shape index (κ2) is 7.17. The second-order valence-corrected chi connectivity index (χ2v) is 4.93. The topological polar surface area (TPSA) is 55.1 Å². The minimum Gasteiger partial charge on any atom is -0.350 e. The number of hydrogen-bond acceptors (Lipinski definition) is 2. The summed E-state index contributed by atoms with van der Waals surface area (Å²) in [7, 11) is 0. The lowest BCUT2D eigenvalue weighted by Gasteiger charge is -2.16. The second-order valence-electron chi connectivity index (χ2n) is 4.93. The van der Waals surface area contributed by atoms with Gasteiger partial charge in [-0.15, -0.1) is 0 Å². The van der Waals surface area contributed by atoms with Gasteiger partial charge in [-0.3, -0.25) is 4.79 Å². The zero-order chi connectivity index (χ0) is 13.5. The minimum absolute atomic E-state index is 0.0494. The fourth-order valence-corrected chi connectivity index (χ4v) is 1.83. The van der Waals surface area contributed by atoms with E-state index in [9.17, 15) is 4.79 Å². The van der Waals surface area contributed by atoms with Gasteiger partial charge in [0.2, 0.25) is 5.91 Å². The van der Waals surface area contributed by atoms with Gasteiger partial charge in [-0.05, 0) is 36.9 Å². The average Bonchev–Trinajstić information content (AvgIpc) is 2.38. The predicted octanol–water partition coefficient (Wildman–Crippen LogP) is 2.41. The molecule has 0 saturated heterocycles. The summed E-state index contributed by atoms with van der Waals surface area (Å²) in [5.41, 5.74) is 7.97. The third-order valence-electron chi connectivity index (χ3n) is 3.20. The van der Waals surface area contributed by atoms with Crippen LogP contribution < -0.4 is 11.1 Å². The average molecular weight is 248 g/mol. The van der Waals surface area contributed by atoms with Crippen LogP contribution in [-0.2, 0) is 11.2 Å². The van der Waals surface area contributed by atoms with Crippen LogP contribution in [0.3, 0.4) is 0 Å². The first-order chi connectivity index (χ1) is 8.56. The van der Waals surface area contributed by atoms with Crippen molar-refractivity contribution in [3.05, 3.63) is 35.4 Å². The van der Waals surface area contributed by atoms with E-state index in [1.54, 1.807) is 0 Å². The Morgan fingerprint density at radius 2 is 1.89 bits per heavy atom. The monoisotopic (exact) mass is 248 g/mol. The number of nitrogens with two attached hydrogens (primary N) is 1. The van der Waals surface area contributed by atoms with E-state index >= 15 is 0 Å². The van der Waals surface area contributed by atoms with Crippen LogP contribution in [0.2, 0.25) is 0 Å². The third kappa shape index (κ3) is 4.49. The molecule has 0 aliphatic rings. The third-order valence-corrected chi connectivity index (χ3v) is 3.20. The fraction of sp³-hybridized carbons (Fsp3) is 0.533. The van der Waals surface area contributed by atoms with E-state index in [1.165, 1.54) is 5.56 Å². The van der Waals surface area contributed by atoms with Crippen LogP contribution in [0.15, 0.2) is 24.3 Å². The van der Waals surface area contributed by atoms with Crippen molar-refractivity contribution in [3.63, 3.8) is 0 Å². The normalized spacial score (nSPS) is 14.0. The molecule has 1 aromatic rings. The summed E-state index contributed by atoms with van der Waals surface area (Å²) in [6.07, 6.45) is 1.53. The largest absolute Gasteiger partial charge is 0.350 e. The van der Waals surface area contributed by atoms with Gasteiger partial charge in [-0.2, -0.15) is 0 Å². The van der Waals surface area contributed by atoms with Crippen LogP contribution in [0.4, 0.5) is 0 Å². The maximum absolute atomic E-state index is 11.8. The van der Waals surface area contributed by atoms with E-state index < -0.39 is 0 Å². The molecule has 100 valence electrons. The van der Waals surface area contributed by atoms with Crippen molar-refractivity contribution in [2.75, 3.05) is 6.54 Å². The summed E-state index contributed by atoms with van der Waals surface area (Å²) < 4.78 is 0. The first-order valence-corrected chi connectivity index (χ1v) is 6.65. The Labute approximate surface area is 110 Å². The molecule has 0 bridgehead atoms. The van der Waals surface area contributed by atoms with Gasteiger partial charge in [-0.25, -0.2) is 0 Å². The number of benzene rings is 1. The number of carbonyl (C=O) groups is 1. The van der Waals surface area contributed by atoms with Gasteiger partial charge < -0.3 is 11.1 Å².